The summed E-state index contributed by atoms with van der Waals surface area (Å²) in [5.74, 6) is 1.87. The molecule has 0 aromatic heterocycles. The van der Waals surface area contributed by atoms with Gasteiger partial charge in [-0.15, -0.1) is 0 Å². The van der Waals surface area contributed by atoms with Crippen LogP contribution in [0.25, 0.3) is 0 Å². The quantitative estimate of drug-likeness (QED) is 0.756. The molecule has 140 valence electrons. The predicted molar refractivity (Wildman–Crippen MR) is 101 cm³/mol. The lowest BCUT2D eigenvalue weighted by molar-refractivity contribution is -0.154. The third-order valence-electron chi connectivity index (χ3n) is 6.52. The molecule has 4 aliphatic rings. The largest absolute Gasteiger partial charge is 0.456 e. The van der Waals surface area contributed by atoms with Crippen molar-refractivity contribution in [3.8, 4) is 0 Å². The van der Waals surface area contributed by atoms with Crippen molar-refractivity contribution in [2.24, 2.45) is 23.2 Å². The number of nitrogens with one attached hydrogen (secondary N) is 1. The minimum Gasteiger partial charge on any atom is -0.456 e. The monoisotopic (exact) mass is 375 g/mol. The zero-order valence-corrected chi connectivity index (χ0v) is 16.0. The maximum absolute atomic E-state index is 12.4. The molecule has 0 saturated heterocycles. The topological polar surface area (TPSA) is 55.4 Å². The van der Waals surface area contributed by atoms with E-state index < -0.39 is 0 Å². The Morgan fingerprint density at radius 1 is 1.15 bits per heavy atom. The molecular formula is C21H26ClNO3. The smallest absolute Gasteiger partial charge is 0.306 e. The average molecular weight is 376 g/mol. The number of halogens is 1. The zero-order chi connectivity index (χ0) is 18.3. The van der Waals surface area contributed by atoms with Crippen molar-refractivity contribution in [1.29, 1.82) is 0 Å². The molecule has 1 aromatic rings. The van der Waals surface area contributed by atoms with E-state index >= 15 is 0 Å². The van der Waals surface area contributed by atoms with Gasteiger partial charge in [-0.3, -0.25) is 9.59 Å². The summed E-state index contributed by atoms with van der Waals surface area (Å²) in [4.78, 5) is 24.5. The van der Waals surface area contributed by atoms with Crippen molar-refractivity contribution in [2.45, 2.75) is 51.9 Å². The number of carbonyl (C=O) groups is 2. The number of hydrogen-bond acceptors (Lipinski definition) is 3. The van der Waals surface area contributed by atoms with Gasteiger partial charge in [0.05, 0.1) is 6.42 Å². The van der Waals surface area contributed by atoms with Gasteiger partial charge in [0.2, 0.25) is 0 Å². The first kappa shape index (κ1) is 17.8. The van der Waals surface area contributed by atoms with Crippen molar-refractivity contribution in [2.75, 3.05) is 11.9 Å². The predicted octanol–water partition coefficient (Wildman–Crippen LogP) is 4.74. The minimum atomic E-state index is -0.325. The van der Waals surface area contributed by atoms with E-state index in [0.29, 0.717) is 17.1 Å². The van der Waals surface area contributed by atoms with Gasteiger partial charge >= 0.3 is 5.97 Å². The summed E-state index contributed by atoms with van der Waals surface area (Å²) in [5.41, 5.74) is 1.72. The standard InChI is InChI=1S/C21H26ClNO3/c1-13-2-3-17(22)7-18(13)23-19(24)12-26-20(25)11-21-8-14-4-15(9-21)6-16(5-14)10-21/h2-3,7,14-16H,4-6,8-12H2,1H3,(H,23,24). The van der Waals surface area contributed by atoms with Gasteiger partial charge in [-0.05, 0) is 86.3 Å². The summed E-state index contributed by atoms with van der Waals surface area (Å²) in [6, 6.07) is 5.32. The van der Waals surface area contributed by atoms with Gasteiger partial charge < -0.3 is 10.1 Å². The van der Waals surface area contributed by atoms with Crippen molar-refractivity contribution < 1.29 is 14.3 Å². The highest BCUT2D eigenvalue weighted by atomic mass is 35.5. The van der Waals surface area contributed by atoms with E-state index in [1.54, 1.807) is 12.1 Å². The zero-order valence-electron chi connectivity index (χ0n) is 15.2. The number of ether oxygens (including phenoxy) is 1. The van der Waals surface area contributed by atoms with E-state index in [1.807, 2.05) is 13.0 Å². The molecule has 4 aliphatic carbocycles. The lowest BCUT2D eigenvalue weighted by Gasteiger charge is -2.56. The van der Waals surface area contributed by atoms with Crippen LogP contribution in [0.15, 0.2) is 18.2 Å². The normalized spacial score (nSPS) is 31.7. The summed E-state index contributed by atoms with van der Waals surface area (Å²) in [5, 5.41) is 3.33. The molecular weight excluding hydrogens is 350 g/mol. The summed E-state index contributed by atoms with van der Waals surface area (Å²) in [7, 11) is 0. The Kier molecular flexibility index (Phi) is 4.72. The Bertz CT molecular complexity index is 695. The number of benzene rings is 1. The van der Waals surface area contributed by atoms with Crippen LogP contribution in [0.2, 0.25) is 5.02 Å². The van der Waals surface area contributed by atoms with Crippen molar-refractivity contribution >= 4 is 29.2 Å². The second-order valence-electron chi connectivity index (χ2n) is 8.76. The van der Waals surface area contributed by atoms with Crippen LogP contribution in [-0.2, 0) is 14.3 Å². The molecule has 4 saturated carbocycles. The maximum Gasteiger partial charge on any atom is 0.306 e. The first-order valence-electron chi connectivity index (χ1n) is 9.62. The highest BCUT2D eigenvalue weighted by Gasteiger charge is 2.51. The molecule has 26 heavy (non-hydrogen) atoms. The van der Waals surface area contributed by atoms with E-state index in [1.165, 1.54) is 38.5 Å². The molecule has 0 radical (unpaired) electrons. The van der Waals surface area contributed by atoms with E-state index in [2.05, 4.69) is 5.32 Å². The fraction of sp³-hybridized carbons (Fsp3) is 0.619. The lowest BCUT2D eigenvalue weighted by Crippen LogP contribution is -2.47. The molecule has 1 amide bonds. The van der Waals surface area contributed by atoms with Crippen LogP contribution in [0.1, 0.15) is 50.5 Å². The van der Waals surface area contributed by atoms with E-state index in [9.17, 15) is 9.59 Å². The van der Waals surface area contributed by atoms with Crippen molar-refractivity contribution in [3.05, 3.63) is 28.8 Å². The maximum atomic E-state index is 12.4. The van der Waals surface area contributed by atoms with Gasteiger partial charge in [-0.1, -0.05) is 17.7 Å². The van der Waals surface area contributed by atoms with Gasteiger partial charge in [-0.2, -0.15) is 0 Å². The van der Waals surface area contributed by atoms with Gasteiger partial charge in [-0.25, -0.2) is 0 Å². The number of hydrogen-bond donors (Lipinski definition) is 1. The third-order valence-corrected chi connectivity index (χ3v) is 6.76. The fourth-order valence-corrected chi connectivity index (χ4v) is 6.10. The van der Waals surface area contributed by atoms with Crippen molar-refractivity contribution in [1.82, 2.24) is 0 Å². The number of anilines is 1. The molecule has 4 bridgehead atoms. The van der Waals surface area contributed by atoms with Crippen molar-refractivity contribution in [3.63, 3.8) is 0 Å². The second kappa shape index (κ2) is 6.88. The number of carbonyl (C=O) groups excluding carboxylic acids is 2. The second-order valence-corrected chi connectivity index (χ2v) is 9.20. The van der Waals surface area contributed by atoms with Crippen LogP contribution in [0, 0.1) is 30.1 Å². The van der Waals surface area contributed by atoms with Crippen LogP contribution >= 0.6 is 11.6 Å². The molecule has 0 spiro atoms. The summed E-state index contributed by atoms with van der Waals surface area (Å²) in [6.45, 7) is 1.65. The molecule has 4 nitrogen and oxygen atoms in total. The fourth-order valence-electron chi connectivity index (χ4n) is 5.92. The highest BCUT2D eigenvalue weighted by Crippen LogP contribution is 2.61. The average Bonchev–Trinajstić information content (AvgIpc) is 2.55. The Balaban J connectivity index is 1.29. The molecule has 5 rings (SSSR count). The first-order chi connectivity index (χ1) is 12.4. The van der Waals surface area contributed by atoms with E-state index in [0.717, 1.165) is 23.3 Å². The number of amides is 1. The Labute approximate surface area is 159 Å². The number of esters is 1. The van der Waals surface area contributed by atoms with Gasteiger partial charge in [0.25, 0.3) is 5.91 Å². The number of rotatable bonds is 5. The SMILES string of the molecule is Cc1ccc(Cl)cc1NC(=O)COC(=O)CC12CC3CC(CC(C3)C1)C2. The molecule has 0 atom stereocenters. The molecule has 1 N–H and O–H groups in total. The lowest BCUT2D eigenvalue weighted by atomic mass is 9.49. The van der Waals surface area contributed by atoms with Gasteiger partial charge in [0.15, 0.2) is 6.61 Å². The van der Waals surface area contributed by atoms with Gasteiger partial charge in [0, 0.05) is 10.7 Å². The van der Waals surface area contributed by atoms with E-state index in [-0.39, 0.29) is 23.9 Å². The molecule has 0 unspecified atom stereocenters. The molecule has 0 heterocycles. The van der Waals surface area contributed by atoms with Crippen LogP contribution in [0.5, 0.6) is 0 Å². The summed E-state index contributed by atoms with van der Waals surface area (Å²) < 4.78 is 5.30. The van der Waals surface area contributed by atoms with E-state index in [4.69, 9.17) is 16.3 Å². The number of aryl methyl sites for hydroxylation is 1. The van der Waals surface area contributed by atoms with Crippen LogP contribution in [-0.4, -0.2) is 18.5 Å². The first-order valence-corrected chi connectivity index (χ1v) is 10.0. The van der Waals surface area contributed by atoms with Crippen LogP contribution < -0.4 is 5.32 Å². The molecule has 1 aromatic carbocycles. The third kappa shape index (κ3) is 3.75. The van der Waals surface area contributed by atoms with Crippen LogP contribution in [0.4, 0.5) is 5.69 Å². The Morgan fingerprint density at radius 3 is 2.38 bits per heavy atom. The van der Waals surface area contributed by atoms with Gasteiger partial charge in [0.1, 0.15) is 0 Å². The minimum absolute atomic E-state index is 0.145. The molecule has 0 aliphatic heterocycles. The highest BCUT2D eigenvalue weighted by molar-refractivity contribution is 6.31. The van der Waals surface area contributed by atoms with Crippen LogP contribution in [0.3, 0.4) is 0 Å². The summed E-state index contributed by atoms with van der Waals surface area (Å²) >= 11 is 5.96. The Morgan fingerprint density at radius 2 is 1.77 bits per heavy atom. The molecule has 5 heteroatoms. The summed E-state index contributed by atoms with van der Waals surface area (Å²) in [6.07, 6.45) is 8.05. The Hall–Kier alpha value is -1.55. The molecule has 4 fully saturated rings.